The molecule has 1 rings (SSSR count). The minimum absolute atomic E-state index is 0.0782. The molecule has 0 aliphatic rings. The van der Waals surface area contributed by atoms with Gasteiger partial charge in [0.05, 0.1) is 17.8 Å². The van der Waals surface area contributed by atoms with Gasteiger partial charge in [-0.25, -0.2) is 4.79 Å². The van der Waals surface area contributed by atoms with Gasteiger partial charge in [-0.2, -0.15) is 0 Å². The van der Waals surface area contributed by atoms with E-state index in [1.54, 1.807) is 6.92 Å². The first-order valence-electron chi connectivity index (χ1n) is 6.26. The van der Waals surface area contributed by atoms with E-state index in [4.69, 9.17) is 26.2 Å². The van der Waals surface area contributed by atoms with Crippen LogP contribution in [0, 0.1) is 0 Å². The zero-order valence-electron chi connectivity index (χ0n) is 12.3. The summed E-state index contributed by atoms with van der Waals surface area (Å²) in [4.78, 5) is 23.3. The normalized spacial score (nSPS) is 13.4. The van der Waals surface area contributed by atoms with Gasteiger partial charge in [-0.15, -0.1) is 0 Å². The standard InChI is InChI=1S/C14H18ClNO5/c1-5-14(2,21-4)13(19)16-10-7-11(20-3)8(12(17)18)6-9(10)15/h6-7H,5H2,1-4H3,(H,16,19)(H,17,18). The number of hydrogen-bond donors (Lipinski definition) is 2. The number of methoxy groups -OCH3 is 2. The Bertz CT molecular complexity index is 555. The van der Waals surface area contributed by atoms with Crippen LogP contribution in [0.3, 0.4) is 0 Å². The molecule has 0 aliphatic heterocycles. The average molecular weight is 316 g/mol. The highest BCUT2D eigenvalue weighted by Crippen LogP contribution is 2.32. The maximum absolute atomic E-state index is 12.2. The van der Waals surface area contributed by atoms with Crippen LogP contribution in [0.4, 0.5) is 5.69 Å². The molecule has 1 unspecified atom stereocenters. The lowest BCUT2D eigenvalue weighted by Crippen LogP contribution is -2.41. The van der Waals surface area contributed by atoms with E-state index in [2.05, 4.69) is 5.32 Å². The molecule has 21 heavy (non-hydrogen) atoms. The van der Waals surface area contributed by atoms with Crippen LogP contribution in [-0.4, -0.2) is 36.8 Å². The van der Waals surface area contributed by atoms with Gasteiger partial charge in [-0.3, -0.25) is 4.79 Å². The van der Waals surface area contributed by atoms with Gasteiger partial charge >= 0.3 is 5.97 Å². The number of ether oxygens (including phenoxy) is 2. The number of rotatable bonds is 6. The quantitative estimate of drug-likeness (QED) is 0.843. The van der Waals surface area contributed by atoms with Gasteiger partial charge in [-0.1, -0.05) is 18.5 Å². The molecule has 0 fully saturated rings. The summed E-state index contributed by atoms with van der Waals surface area (Å²) in [7, 11) is 2.78. The van der Waals surface area contributed by atoms with E-state index >= 15 is 0 Å². The number of benzene rings is 1. The van der Waals surface area contributed by atoms with Crippen molar-refractivity contribution in [3.8, 4) is 5.75 Å². The van der Waals surface area contributed by atoms with Gasteiger partial charge < -0.3 is 19.9 Å². The summed E-state index contributed by atoms with van der Waals surface area (Å²) in [6, 6.07) is 2.60. The van der Waals surface area contributed by atoms with Crippen LogP contribution in [0.2, 0.25) is 5.02 Å². The number of anilines is 1. The molecular formula is C14H18ClNO5. The summed E-state index contributed by atoms with van der Waals surface area (Å²) in [5.41, 5.74) is -0.812. The van der Waals surface area contributed by atoms with Crippen molar-refractivity contribution in [1.29, 1.82) is 0 Å². The summed E-state index contributed by atoms with van der Waals surface area (Å²) in [5, 5.41) is 11.8. The molecule has 0 bridgehead atoms. The Kier molecular flexibility index (Phi) is 5.57. The summed E-state index contributed by atoms with van der Waals surface area (Å²) in [6.45, 7) is 3.47. The fraction of sp³-hybridized carbons (Fsp3) is 0.429. The highest BCUT2D eigenvalue weighted by Gasteiger charge is 2.31. The van der Waals surface area contributed by atoms with E-state index in [-0.39, 0.29) is 27.9 Å². The molecule has 0 aliphatic carbocycles. The van der Waals surface area contributed by atoms with Crippen LogP contribution in [0.1, 0.15) is 30.6 Å². The molecule has 0 saturated carbocycles. The summed E-state index contributed by atoms with van der Waals surface area (Å²) >= 11 is 6.01. The topological polar surface area (TPSA) is 84.9 Å². The van der Waals surface area contributed by atoms with Gasteiger partial charge in [-0.05, 0) is 19.4 Å². The van der Waals surface area contributed by atoms with Crippen molar-refractivity contribution in [1.82, 2.24) is 0 Å². The smallest absolute Gasteiger partial charge is 0.339 e. The van der Waals surface area contributed by atoms with Crippen LogP contribution < -0.4 is 10.1 Å². The number of amides is 1. The first-order valence-corrected chi connectivity index (χ1v) is 6.64. The Morgan fingerprint density at radius 3 is 2.43 bits per heavy atom. The van der Waals surface area contributed by atoms with Gasteiger partial charge in [0.2, 0.25) is 0 Å². The number of nitrogens with one attached hydrogen (secondary N) is 1. The Balaban J connectivity index is 3.15. The summed E-state index contributed by atoms with van der Waals surface area (Å²) in [6.07, 6.45) is 0.470. The fourth-order valence-corrected chi connectivity index (χ4v) is 1.85. The monoisotopic (exact) mass is 315 g/mol. The zero-order valence-corrected chi connectivity index (χ0v) is 13.1. The second-order valence-corrected chi connectivity index (χ2v) is 4.99. The van der Waals surface area contributed by atoms with Crippen molar-refractivity contribution in [3.05, 3.63) is 22.7 Å². The van der Waals surface area contributed by atoms with Gasteiger partial charge in [0.1, 0.15) is 16.9 Å². The van der Waals surface area contributed by atoms with Crippen LogP contribution >= 0.6 is 11.6 Å². The van der Waals surface area contributed by atoms with Gasteiger partial charge in [0, 0.05) is 13.2 Å². The maximum atomic E-state index is 12.2. The average Bonchev–Trinajstić information content (AvgIpc) is 2.47. The van der Waals surface area contributed by atoms with Gasteiger partial charge in [0.25, 0.3) is 5.91 Å². The molecule has 7 heteroatoms. The van der Waals surface area contributed by atoms with E-state index in [1.165, 1.54) is 26.4 Å². The van der Waals surface area contributed by atoms with Crippen molar-refractivity contribution in [2.24, 2.45) is 0 Å². The predicted octanol–water partition coefficient (Wildman–Crippen LogP) is 2.80. The molecule has 6 nitrogen and oxygen atoms in total. The first-order chi connectivity index (χ1) is 9.78. The van der Waals surface area contributed by atoms with E-state index in [0.29, 0.717) is 6.42 Å². The minimum atomic E-state index is -1.16. The third kappa shape index (κ3) is 3.65. The molecular weight excluding hydrogens is 298 g/mol. The molecule has 0 spiro atoms. The molecule has 1 amide bonds. The zero-order chi connectivity index (χ0) is 16.2. The minimum Gasteiger partial charge on any atom is -0.496 e. The Morgan fingerprint density at radius 1 is 1.38 bits per heavy atom. The number of carbonyl (C=O) groups excluding carboxylic acids is 1. The molecule has 1 aromatic rings. The largest absolute Gasteiger partial charge is 0.496 e. The van der Waals surface area contributed by atoms with Crippen LogP contribution in [-0.2, 0) is 9.53 Å². The number of carbonyl (C=O) groups is 2. The Morgan fingerprint density at radius 2 is 2.00 bits per heavy atom. The lowest BCUT2D eigenvalue weighted by molar-refractivity contribution is -0.136. The van der Waals surface area contributed by atoms with Crippen molar-refractivity contribution in [3.63, 3.8) is 0 Å². The lowest BCUT2D eigenvalue weighted by Gasteiger charge is -2.25. The molecule has 0 heterocycles. The van der Waals surface area contributed by atoms with Gasteiger partial charge in [0.15, 0.2) is 0 Å². The predicted molar refractivity (Wildman–Crippen MR) is 79.3 cm³/mol. The highest BCUT2D eigenvalue weighted by molar-refractivity contribution is 6.34. The molecule has 0 aromatic heterocycles. The number of carboxylic acids is 1. The van der Waals surface area contributed by atoms with E-state index in [9.17, 15) is 9.59 Å². The second kappa shape index (κ2) is 6.78. The van der Waals surface area contributed by atoms with Crippen molar-refractivity contribution >= 4 is 29.2 Å². The summed E-state index contributed by atoms with van der Waals surface area (Å²) < 4.78 is 10.2. The molecule has 1 aromatic carbocycles. The molecule has 116 valence electrons. The summed E-state index contributed by atoms with van der Waals surface area (Å²) in [5.74, 6) is -1.43. The Labute approximate surface area is 128 Å². The third-order valence-corrected chi connectivity index (χ3v) is 3.69. The van der Waals surface area contributed by atoms with E-state index in [1.807, 2.05) is 6.92 Å². The number of hydrogen-bond acceptors (Lipinski definition) is 4. The van der Waals surface area contributed by atoms with Crippen LogP contribution in [0.5, 0.6) is 5.75 Å². The van der Waals surface area contributed by atoms with E-state index < -0.39 is 11.6 Å². The first kappa shape index (κ1) is 17.3. The van der Waals surface area contributed by atoms with Crippen LogP contribution in [0.15, 0.2) is 12.1 Å². The molecule has 0 saturated heterocycles. The maximum Gasteiger partial charge on any atom is 0.339 e. The number of halogens is 1. The fourth-order valence-electron chi connectivity index (χ4n) is 1.64. The third-order valence-electron chi connectivity index (χ3n) is 3.37. The van der Waals surface area contributed by atoms with E-state index in [0.717, 1.165) is 0 Å². The Hall–Kier alpha value is -1.79. The highest BCUT2D eigenvalue weighted by atomic mass is 35.5. The van der Waals surface area contributed by atoms with Crippen molar-refractivity contribution < 1.29 is 24.2 Å². The second-order valence-electron chi connectivity index (χ2n) is 4.58. The number of aromatic carboxylic acids is 1. The van der Waals surface area contributed by atoms with Crippen LogP contribution in [0.25, 0.3) is 0 Å². The molecule has 1 atom stereocenters. The molecule has 2 N–H and O–H groups in total. The SMILES string of the molecule is CCC(C)(OC)C(=O)Nc1cc(OC)c(C(=O)O)cc1Cl. The lowest BCUT2D eigenvalue weighted by atomic mass is 10.0. The molecule has 0 radical (unpaired) electrons. The van der Waals surface area contributed by atoms with Crippen molar-refractivity contribution in [2.75, 3.05) is 19.5 Å². The van der Waals surface area contributed by atoms with Crippen molar-refractivity contribution in [2.45, 2.75) is 25.9 Å². The number of carboxylic acid groups (broad SMARTS) is 1.